The van der Waals surface area contributed by atoms with Crippen LogP contribution in [-0.2, 0) is 6.54 Å². The fourth-order valence-corrected chi connectivity index (χ4v) is 2.87. The topological polar surface area (TPSA) is 90.0 Å². The highest BCUT2D eigenvalue weighted by Crippen LogP contribution is 2.27. The molecule has 0 unspecified atom stereocenters. The van der Waals surface area contributed by atoms with E-state index in [2.05, 4.69) is 30.2 Å². The number of hydrogen-bond acceptors (Lipinski definition) is 6. The molecule has 2 heterocycles. The molecule has 8 heteroatoms. The second-order valence-electron chi connectivity index (χ2n) is 5.86. The van der Waals surface area contributed by atoms with E-state index in [0.29, 0.717) is 24.0 Å². The predicted octanol–water partition coefficient (Wildman–Crippen LogP) is 1.37. The average molecular weight is 344 g/mol. The van der Waals surface area contributed by atoms with Crippen LogP contribution in [0.1, 0.15) is 18.6 Å². The summed E-state index contributed by atoms with van der Waals surface area (Å²) in [5.41, 5.74) is 0.881. The van der Waals surface area contributed by atoms with Crippen molar-refractivity contribution >= 4 is 11.6 Å². The van der Waals surface area contributed by atoms with Crippen molar-refractivity contribution in [2.75, 3.05) is 37.6 Å². The summed E-state index contributed by atoms with van der Waals surface area (Å²) >= 11 is 0. The molecule has 1 aliphatic rings. The monoisotopic (exact) mass is 344 g/mol. The predicted molar refractivity (Wildman–Crippen MR) is 95.7 cm³/mol. The maximum atomic E-state index is 10.0. The van der Waals surface area contributed by atoms with E-state index in [1.54, 1.807) is 13.0 Å². The zero-order valence-electron chi connectivity index (χ0n) is 14.6. The van der Waals surface area contributed by atoms with Crippen LogP contribution in [0.25, 0.3) is 0 Å². The van der Waals surface area contributed by atoms with E-state index < -0.39 is 0 Å². The van der Waals surface area contributed by atoms with Gasteiger partial charge in [-0.05, 0) is 19.1 Å². The highest BCUT2D eigenvalue weighted by molar-refractivity contribution is 5.80. The number of para-hydroxylation sites is 2. The number of guanidine groups is 1. The number of aryl methyl sites for hydroxylation is 1. The summed E-state index contributed by atoms with van der Waals surface area (Å²) in [6.45, 7) is 8.29. The van der Waals surface area contributed by atoms with E-state index in [9.17, 15) is 5.11 Å². The van der Waals surface area contributed by atoms with Gasteiger partial charge in [0, 0.05) is 39.6 Å². The van der Waals surface area contributed by atoms with Gasteiger partial charge in [-0.1, -0.05) is 17.3 Å². The number of hydrogen-bond donors (Lipinski definition) is 2. The van der Waals surface area contributed by atoms with Gasteiger partial charge in [0.15, 0.2) is 11.8 Å². The summed E-state index contributed by atoms with van der Waals surface area (Å²) in [4.78, 5) is 13.2. The molecule has 1 aliphatic heterocycles. The molecule has 8 nitrogen and oxygen atoms in total. The van der Waals surface area contributed by atoms with Gasteiger partial charge in [0.25, 0.3) is 0 Å². The van der Waals surface area contributed by atoms with Gasteiger partial charge in [0.2, 0.25) is 5.89 Å². The van der Waals surface area contributed by atoms with Crippen LogP contribution in [0, 0.1) is 6.92 Å². The molecule has 25 heavy (non-hydrogen) atoms. The van der Waals surface area contributed by atoms with Gasteiger partial charge in [0.05, 0.1) is 5.69 Å². The van der Waals surface area contributed by atoms with E-state index >= 15 is 0 Å². The number of aromatic hydroxyl groups is 1. The van der Waals surface area contributed by atoms with Crippen LogP contribution in [0.3, 0.4) is 0 Å². The van der Waals surface area contributed by atoms with Gasteiger partial charge in [-0.15, -0.1) is 0 Å². The van der Waals surface area contributed by atoms with Crippen molar-refractivity contribution in [3.8, 4) is 5.75 Å². The maximum Gasteiger partial charge on any atom is 0.223 e. The first kappa shape index (κ1) is 17.1. The number of benzene rings is 1. The van der Waals surface area contributed by atoms with Gasteiger partial charge in [-0.25, -0.2) is 4.99 Å². The molecular formula is C17H24N6O2. The number of aliphatic imine (C=N–C) groups is 1. The quantitative estimate of drug-likeness (QED) is 0.639. The number of nitrogens with one attached hydrogen (secondary N) is 1. The third kappa shape index (κ3) is 4.20. The number of phenolic OH excluding ortho intramolecular Hbond substituents is 1. The molecule has 0 bridgehead atoms. The van der Waals surface area contributed by atoms with Crippen LogP contribution in [0.15, 0.2) is 33.8 Å². The number of aromatic nitrogens is 2. The van der Waals surface area contributed by atoms with Gasteiger partial charge in [0.1, 0.15) is 12.3 Å². The molecule has 3 rings (SSSR count). The lowest BCUT2D eigenvalue weighted by molar-refractivity contribution is 0.368. The number of rotatable bonds is 4. The fraction of sp³-hybridized carbons (Fsp3) is 0.471. The molecule has 2 N–H and O–H groups in total. The maximum absolute atomic E-state index is 10.0. The second kappa shape index (κ2) is 7.87. The first-order chi connectivity index (χ1) is 12.2. The molecule has 1 aromatic carbocycles. The summed E-state index contributed by atoms with van der Waals surface area (Å²) in [5, 5.41) is 17.2. The molecule has 0 amide bonds. The molecule has 1 aromatic heterocycles. The Morgan fingerprint density at radius 2 is 2.04 bits per heavy atom. The van der Waals surface area contributed by atoms with Crippen molar-refractivity contribution in [3.63, 3.8) is 0 Å². The van der Waals surface area contributed by atoms with Gasteiger partial charge < -0.3 is 24.7 Å². The van der Waals surface area contributed by atoms with Crippen LogP contribution < -0.4 is 10.2 Å². The zero-order valence-corrected chi connectivity index (χ0v) is 14.6. The van der Waals surface area contributed by atoms with Crippen LogP contribution in [0.4, 0.5) is 5.69 Å². The van der Waals surface area contributed by atoms with E-state index in [1.165, 1.54) is 0 Å². The lowest BCUT2D eigenvalue weighted by Gasteiger charge is -2.37. The Hall–Kier alpha value is -2.77. The van der Waals surface area contributed by atoms with E-state index in [1.807, 2.05) is 25.1 Å². The Balaban J connectivity index is 1.63. The third-order valence-corrected chi connectivity index (χ3v) is 4.08. The molecule has 1 fully saturated rings. The molecule has 0 atom stereocenters. The summed E-state index contributed by atoms with van der Waals surface area (Å²) < 4.78 is 4.98. The van der Waals surface area contributed by atoms with Crippen LogP contribution in [0.2, 0.25) is 0 Å². The van der Waals surface area contributed by atoms with Crippen molar-refractivity contribution in [3.05, 3.63) is 36.0 Å². The van der Waals surface area contributed by atoms with Gasteiger partial charge in [-0.3, -0.25) is 0 Å². The number of nitrogens with zero attached hydrogens (tertiary/aromatic N) is 5. The molecule has 1 saturated heterocycles. The summed E-state index contributed by atoms with van der Waals surface area (Å²) in [7, 11) is 0. The lowest BCUT2D eigenvalue weighted by Crippen LogP contribution is -2.52. The number of anilines is 1. The smallest absolute Gasteiger partial charge is 0.223 e. The molecule has 2 aromatic rings. The third-order valence-electron chi connectivity index (χ3n) is 4.08. The number of phenols is 1. The zero-order chi connectivity index (χ0) is 17.6. The van der Waals surface area contributed by atoms with Crippen molar-refractivity contribution in [2.24, 2.45) is 4.99 Å². The number of piperazine rings is 1. The fourth-order valence-electron chi connectivity index (χ4n) is 2.87. The average Bonchev–Trinajstić information content (AvgIpc) is 3.05. The standard InChI is InChI=1S/C17H24N6O2/c1-3-18-17(19-12-16-20-13(2)25-21-16)23-10-8-22(9-11-23)14-6-4-5-7-15(14)24/h4-7,24H,3,8-12H2,1-2H3,(H,18,19). The van der Waals surface area contributed by atoms with Crippen molar-refractivity contribution in [1.29, 1.82) is 0 Å². The van der Waals surface area contributed by atoms with E-state index in [0.717, 1.165) is 44.4 Å². The molecule has 0 spiro atoms. The summed E-state index contributed by atoms with van der Waals surface area (Å²) in [5.74, 6) is 2.30. The Morgan fingerprint density at radius 1 is 1.28 bits per heavy atom. The lowest BCUT2D eigenvalue weighted by atomic mass is 10.2. The molecule has 0 saturated carbocycles. The highest BCUT2D eigenvalue weighted by Gasteiger charge is 2.21. The SMILES string of the molecule is CCNC(=NCc1noc(C)n1)N1CCN(c2ccccc2O)CC1. The first-order valence-electron chi connectivity index (χ1n) is 8.52. The minimum absolute atomic E-state index is 0.323. The largest absolute Gasteiger partial charge is 0.506 e. The molecule has 134 valence electrons. The Morgan fingerprint density at radius 3 is 2.68 bits per heavy atom. The van der Waals surface area contributed by atoms with Gasteiger partial charge in [-0.2, -0.15) is 4.98 Å². The normalized spacial score (nSPS) is 15.5. The van der Waals surface area contributed by atoms with E-state index in [-0.39, 0.29) is 0 Å². The Bertz CT molecular complexity index is 721. The first-order valence-corrected chi connectivity index (χ1v) is 8.52. The van der Waals surface area contributed by atoms with E-state index in [4.69, 9.17) is 4.52 Å². The van der Waals surface area contributed by atoms with Crippen LogP contribution in [-0.4, -0.2) is 58.8 Å². The Labute approximate surface area is 147 Å². The molecular weight excluding hydrogens is 320 g/mol. The summed E-state index contributed by atoms with van der Waals surface area (Å²) in [6.07, 6.45) is 0. The van der Waals surface area contributed by atoms with Crippen LogP contribution in [0.5, 0.6) is 5.75 Å². The highest BCUT2D eigenvalue weighted by atomic mass is 16.5. The molecule has 0 aliphatic carbocycles. The summed E-state index contributed by atoms with van der Waals surface area (Å²) in [6, 6.07) is 7.45. The van der Waals surface area contributed by atoms with Crippen molar-refractivity contribution < 1.29 is 9.63 Å². The van der Waals surface area contributed by atoms with Crippen LogP contribution >= 0.6 is 0 Å². The minimum Gasteiger partial charge on any atom is -0.506 e. The van der Waals surface area contributed by atoms with Crippen molar-refractivity contribution in [1.82, 2.24) is 20.4 Å². The second-order valence-corrected chi connectivity index (χ2v) is 5.86. The van der Waals surface area contributed by atoms with Crippen molar-refractivity contribution in [2.45, 2.75) is 20.4 Å². The molecule has 0 radical (unpaired) electrons. The van der Waals surface area contributed by atoms with Gasteiger partial charge >= 0.3 is 0 Å². The minimum atomic E-state index is 0.323. The Kier molecular flexibility index (Phi) is 5.37.